The van der Waals surface area contributed by atoms with Gasteiger partial charge in [-0.05, 0) is 50.1 Å². The van der Waals surface area contributed by atoms with Crippen molar-refractivity contribution in [3.05, 3.63) is 95.6 Å². The molecule has 3 rings (SSSR count). The molecule has 3 aromatic rings. The fourth-order valence-electron chi connectivity index (χ4n) is 2.98. The zero-order valence-electron chi connectivity index (χ0n) is 17.4. The number of rotatable bonds is 9. The monoisotopic (exact) mass is 459 g/mol. The van der Waals surface area contributed by atoms with Gasteiger partial charge in [-0.15, -0.1) is 0 Å². The average Bonchev–Trinajstić information content (AvgIpc) is 2.73. The summed E-state index contributed by atoms with van der Waals surface area (Å²) in [4.78, 5) is 0.135. The van der Waals surface area contributed by atoms with Crippen LogP contribution in [0.15, 0.2) is 88.7 Å². The number of sulfonamides is 1. The molecule has 3 aromatic carbocycles. The van der Waals surface area contributed by atoms with E-state index in [1.165, 1.54) is 24.3 Å². The lowest BCUT2D eigenvalue weighted by molar-refractivity contribution is 0.281. The minimum Gasteiger partial charge on any atom is -0.265 e. The highest BCUT2D eigenvalue weighted by Crippen LogP contribution is 2.16. The number of benzene rings is 3. The van der Waals surface area contributed by atoms with Crippen LogP contribution in [0.1, 0.15) is 16.7 Å². The zero-order valence-corrected chi connectivity index (χ0v) is 19.0. The molecule has 0 aliphatic heterocycles. The van der Waals surface area contributed by atoms with Crippen LogP contribution in [0.4, 0.5) is 0 Å². The third-order valence-corrected chi connectivity index (χ3v) is 7.54. The Morgan fingerprint density at radius 1 is 0.742 bits per heavy atom. The van der Waals surface area contributed by atoms with Gasteiger partial charge in [-0.2, -0.15) is 8.42 Å². The Bertz CT molecular complexity index is 1210. The van der Waals surface area contributed by atoms with Gasteiger partial charge in [-0.1, -0.05) is 65.7 Å². The Morgan fingerprint density at radius 2 is 1.26 bits per heavy atom. The molecule has 0 aliphatic carbocycles. The maximum atomic E-state index is 12.9. The predicted octanol–water partition coefficient (Wildman–Crippen LogP) is 3.60. The first-order valence-electron chi connectivity index (χ1n) is 9.75. The molecule has 1 atom stereocenters. The molecular formula is C23H25NO5S2. The molecule has 0 heterocycles. The summed E-state index contributed by atoms with van der Waals surface area (Å²) in [5, 5.41) is 0. The molecule has 164 valence electrons. The summed E-state index contributed by atoms with van der Waals surface area (Å²) >= 11 is 0. The first-order valence-corrected chi connectivity index (χ1v) is 12.6. The molecule has 0 aromatic heterocycles. The molecule has 0 spiro atoms. The molecule has 0 aliphatic rings. The van der Waals surface area contributed by atoms with Gasteiger partial charge in [-0.25, -0.2) is 13.1 Å². The summed E-state index contributed by atoms with van der Waals surface area (Å²) in [7, 11) is -7.88. The van der Waals surface area contributed by atoms with Crippen molar-refractivity contribution in [2.24, 2.45) is 0 Å². The van der Waals surface area contributed by atoms with E-state index in [4.69, 9.17) is 4.18 Å². The van der Waals surface area contributed by atoms with E-state index in [9.17, 15) is 16.8 Å². The number of nitrogens with one attached hydrogen (secondary N) is 1. The molecule has 0 bridgehead atoms. The maximum absolute atomic E-state index is 12.9. The van der Waals surface area contributed by atoms with Crippen LogP contribution in [0.2, 0.25) is 0 Å². The van der Waals surface area contributed by atoms with Gasteiger partial charge in [0.05, 0.1) is 22.4 Å². The van der Waals surface area contributed by atoms with Crippen molar-refractivity contribution >= 4 is 20.1 Å². The Kier molecular flexibility index (Phi) is 7.27. The van der Waals surface area contributed by atoms with Gasteiger partial charge in [0.1, 0.15) is 0 Å². The third-order valence-electron chi connectivity index (χ3n) is 4.71. The fourth-order valence-corrected chi connectivity index (χ4v) is 5.15. The number of hydrogen-bond donors (Lipinski definition) is 1. The van der Waals surface area contributed by atoms with Gasteiger partial charge < -0.3 is 0 Å². The lowest BCUT2D eigenvalue weighted by Gasteiger charge is -2.19. The van der Waals surface area contributed by atoms with Crippen LogP contribution in [0.25, 0.3) is 0 Å². The highest BCUT2D eigenvalue weighted by atomic mass is 32.2. The van der Waals surface area contributed by atoms with Crippen LogP contribution >= 0.6 is 0 Å². The summed E-state index contributed by atoms with van der Waals surface area (Å²) < 4.78 is 58.7. The standard InChI is InChI=1S/C23H25NO5S2/c1-18-8-12-22(13-9-18)30(25,26)24-21(16-20-6-4-3-5-7-20)17-29-31(27,28)23-14-10-19(2)11-15-23/h3-15,21,24H,16-17H2,1-2H3/t21-/m0/s1. The lowest BCUT2D eigenvalue weighted by Crippen LogP contribution is -2.40. The molecule has 0 fully saturated rings. The van der Waals surface area contributed by atoms with Gasteiger partial charge in [0.15, 0.2) is 0 Å². The Labute approximate surface area is 184 Å². The van der Waals surface area contributed by atoms with Gasteiger partial charge in [0.25, 0.3) is 10.1 Å². The maximum Gasteiger partial charge on any atom is 0.297 e. The summed E-state index contributed by atoms with van der Waals surface area (Å²) in [5.41, 5.74) is 2.72. The van der Waals surface area contributed by atoms with Crippen LogP contribution in [0.5, 0.6) is 0 Å². The van der Waals surface area contributed by atoms with E-state index in [-0.39, 0.29) is 22.8 Å². The van der Waals surface area contributed by atoms with Crippen molar-refractivity contribution in [3.63, 3.8) is 0 Å². The second-order valence-corrected chi connectivity index (χ2v) is 10.7. The van der Waals surface area contributed by atoms with Gasteiger partial charge in [0.2, 0.25) is 10.0 Å². The Balaban J connectivity index is 1.80. The van der Waals surface area contributed by atoms with Crippen molar-refractivity contribution in [1.82, 2.24) is 4.72 Å². The normalized spacial score (nSPS) is 13.1. The topological polar surface area (TPSA) is 89.5 Å². The molecule has 1 N–H and O–H groups in total. The smallest absolute Gasteiger partial charge is 0.265 e. The van der Waals surface area contributed by atoms with Crippen LogP contribution in [-0.2, 0) is 30.7 Å². The zero-order chi connectivity index (χ0) is 22.5. The highest BCUT2D eigenvalue weighted by Gasteiger charge is 2.24. The molecule has 0 saturated carbocycles. The van der Waals surface area contributed by atoms with E-state index in [0.717, 1.165) is 16.7 Å². The second kappa shape index (κ2) is 9.74. The van der Waals surface area contributed by atoms with E-state index in [0.29, 0.717) is 0 Å². The first-order chi connectivity index (χ1) is 14.7. The van der Waals surface area contributed by atoms with Crippen LogP contribution in [0.3, 0.4) is 0 Å². The quantitative estimate of drug-likeness (QED) is 0.494. The molecule has 0 amide bonds. The van der Waals surface area contributed by atoms with E-state index in [2.05, 4.69) is 4.72 Å². The Morgan fingerprint density at radius 3 is 1.81 bits per heavy atom. The number of hydrogen-bond acceptors (Lipinski definition) is 5. The fraction of sp³-hybridized carbons (Fsp3) is 0.217. The van der Waals surface area contributed by atoms with Crippen molar-refractivity contribution in [3.8, 4) is 0 Å². The van der Waals surface area contributed by atoms with Gasteiger partial charge in [0, 0.05) is 0 Å². The van der Waals surface area contributed by atoms with Crippen molar-refractivity contribution in [1.29, 1.82) is 0 Å². The molecule has 31 heavy (non-hydrogen) atoms. The van der Waals surface area contributed by atoms with Gasteiger partial charge >= 0.3 is 0 Å². The predicted molar refractivity (Wildman–Crippen MR) is 120 cm³/mol. The van der Waals surface area contributed by atoms with E-state index in [1.54, 1.807) is 24.3 Å². The van der Waals surface area contributed by atoms with Crippen LogP contribution in [-0.4, -0.2) is 29.5 Å². The lowest BCUT2D eigenvalue weighted by atomic mass is 10.1. The molecule has 0 unspecified atom stereocenters. The third kappa shape index (κ3) is 6.48. The average molecular weight is 460 g/mol. The summed E-state index contributed by atoms with van der Waals surface area (Å²) in [6, 6.07) is 21.2. The van der Waals surface area contributed by atoms with Gasteiger partial charge in [-0.3, -0.25) is 4.18 Å². The minimum absolute atomic E-state index is 0.0259. The molecule has 8 heteroatoms. The van der Waals surface area contributed by atoms with Crippen molar-refractivity contribution in [2.75, 3.05) is 6.61 Å². The summed E-state index contributed by atoms with van der Waals surface area (Å²) in [6.45, 7) is 3.38. The van der Waals surface area contributed by atoms with E-state index < -0.39 is 26.2 Å². The highest BCUT2D eigenvalue weighted by molar-refractivity contribution is 7.89. The number of aryl methyl sites for hydroxylation is 2. The van der Waals surface area contributed by atoms with Crippen LogP contribution < -0.4 is 4.72 Å². The van der Waals surface area contributed by atoms with Crippen molar-refractivity contribution < 1.29 is 21.0 Å². The SMILES string of the molecule is Cc1ccc(S(=O)(=O)N[C@H](COS(=O)(=O)c2ccc(C)cc2)Cc2ccccc2)cc1. The van der Waals surface area contributed by atoms with E-state index >= 15 is 0 Å². The first kappa shape index (κ1) is 23.1. The second-order valence-electron chi connectivity index (χ2n) is 7.37. The van der Waals surface area contributed by atoms with E-state index in [1.807, 2.05) is 44.2 Å². The molecule has 0 saturated heterocycles. The summed E-state index contributed by atoms with van der Waals surface area (Å²) in [6.07, 6.45) is 0.273. The largest absolute Gasteiger partial charge is 0.297 e. The van der Waals surface area contributed by atoms with Crippen molar-refractivity contribution in [2.45, 2.75) is 36.1 Å². The molecule has 6 nitrogen and oxygen atoms in total. The molecular weight excluding hydrogens is 434 g/mol. The van der Waals surface area contributed by atoms with Crippen LogP contribution in [0, 0.1) is 13.8 Å². The molecule has 0 radical (unpaired) electrons. The Hall–Kier alpha value is -2.52. The minimum atomic E-state index is -4.03. The summed E-state index contributed by atoms with van der Waals surface area (Å²) in [5.74, 6) is 0.